The quantitative estimate of drug-likeness (QED) is 0.582. The van der Waals surface area contributed by atoms with Gasteiger partial charge in [0.05, 0.1) is 6.20 Å². The zero-order valence-electron chi connectivity index (χ0n) is 9.05. The molecule has 0 aliphatic carbocycles. The van der Waals surface area contributed by atoms with E-state index in [9.17, 15) is 0 Å². The highest BCUT2D eigenvalue weighted by Gasteiger charge is 2.14. The van der Waals surface area contributed by atoms with Gasteiger partial charge in [-0.1, -0.05) is 34.6 Å². The molecule has 1 rings (SSSR count). The van der Waals surface area contributed by atoms with Crippen molar-refractivity contribution in [2.45, 2.75) is 40.0 Å². The molecule has 2 heteroatoms. The lowest BCUT2D eigenvalue weighted by molar-refractivity contribution is 0.589. The minimum atomic E-state index is 0.230. The maximum atomic E-state index is 4.10. The zero-order chi connectivity index (χ0) is 9.78. The SMILES string of the molecule is CC.Cn1cc(C(C)(C)C)cn1. The first-order valence-electron chi connectivity index (χ1n) is 4.49. The summed E-state index contributed by atoms with van der Waals surface area (Å²) in [6.07, 6.45) is 3.97. The van der Waals surface area contributed by atoms with E-state index in [0.717, 1.165) is 0 Å². The van der Waals surface area contributed by atoms with Crippen molar-refractivity contribution in [2.24, 2.45) is 7.05 Å². The summed E-state index contributed by atoms with van der Waals surface area (Å²) >= 11 is 0. The third kappa shape index (κ3) is 3.07. The summed E-state index contributed by atoms with van der Waals surface area (Å²) in [5.74, 6) is 0. The summed E-state index contributed by atoms with van der Waals surface area (Å²) in [4.78, 5) is 0. The Bertz CT molecular complexity index is 218. The Hall–Kier alpha value is -0.790. The van der Waals surface area contributed by atoms with Gasteiger partial charge in [-0.25, -0.2) is 0 Å². The van der Waals surface area contributed by atoms with Gasteiger partial charge in [0.15, 0.2) is 0 Å². The van der Waals surface area contributed by atoms with Crippen LogP contribution in [0.25, 0.3) is 0 Å². The van der Waals surface area contributed by atoms with Gasteiger partial charge in [-0.2, -0.15) is 5.10 Å². The first kappa shape index (κ1) is 11.2. The van der Waals surface area contributed by atoms with Gasteiger partial charge >= 0.3 is 0 Å². The molecule has 1 aromatic heterocycles. The number of hydrogen-bond acceptors (Lipinski definition) is 1. The monoisotopic (exact) mass is 168 g/mol. The highest BCUT2D eigenvalue weighted by Crippen LogP contribution is 2.20. The van der Waals surface area contributed by atoms with Crippen LogP contribution >= 0.6 is 0 Å². The second-order valence-corrected chi connectivity index (χ2v) is 3.65. The van der Waals surface area contributed by atoms with Crippen LogP contribution in [0.3, 0.4) is 0 Å². The summed E-state index contributed by atoms with van der Waals surface area (Å²) in [5, 5.41) is 4.10. The van der Waals surface area contributed by atoms with Crippen LogP contribution in [0.1, 0.15) is 40.2 Å². The lowest BCUT2D eigenvalue weighted by Crippen LogP contribution is -2.09. The number of nitrogens with zero attached hydrogens (tertiary/aromatic N) is 2. The molecule has 0 amide bonds. The molecule has 0 bridgehead atoms. The predicted octanol–water partition coefficient (Wildman–Crippen LogP) is 2.74. The first-order valence-corrected chi connectivity index (χ1v) is 4.49. The molecule has 0 aromatic carbocycles. The Labute approximate surface area is 75.6 Å². The third-order valence-corrected chi connectivity index (χ3v) is 1.57. The molecule has 0 N–H and O–H groups in total. The highest BCUT2D eigenvalue weighted by atomic mass is 15.2. The number of rotatable bonds is 0. The first-order chi connectivity index (χ1) is 5.50. The number of aromatic nitrogens is 2. The van der Waals surface area contributed by atoms with E-state index in [1.165, 1.54) is 5.56 Å². The third-order valence-electron chi connectivity index (χ3n) is 1.57. The summed E-state index contributed by atoms with van der Waals surface area (Å²) < 4.78 is 1.83. The summed E-state index contributed by atoms with van der Waals surface area (Å²) in [6, 6.07) is 0. The van der Waals surface area contributed by atoms with Gasteiger partial charge < -0.3 is 0 Å². The molecule has 0 saturated carbocycles. The molecule has 0 aliphatic rings. The van der Waals surface area contributed by atoms with Crippen LogP contribution in [-0.4, -0.2) is 9.78 Å². The molecular formula is C10H20N2. The molecule has 2 nitrogen and oxygen atoms in total. The van der Waals surface area contributed by atoms with Crippen LogP contribution in [0.4, 0.5) is 0 Å². The average molecular weight is 168 g/mol. The second-order valence-electron chi connectivity index (χ2n) is 3.65. The Morgan fingerprint density at radius 3 is 1.92 bits per heavy atom. The van der Waals surface area contributed by atoms with Crippen LogP contribution in [0.2, 0.25) is 0 Å². The van der Waals surface area contributed by atoms with Gasteiger partial charge in [-0.15, -0.1) is 0 Å². The van der Waals surface area contributed by atoms with Crippen molar-refractivity contribution in [2.75, 3.05) is 0 Å². The fourth-order valence-electron chi connectivity index (χ4n) is 0.809. The topological polar surface area (TPSA) is 17.8 Å². The predicted molar refractivity (Wildman–Crippen MR) is 53.3 cm³/mol. The molecule has 12 heavy (non-hydrogen) atoms. The van der Waals surface area contributed by atoms with Crippen molar-refractivity contribution in [1.29, 1.82) is 0 Å². The molecule has 0 radical (unpaired) electrons. The molecule has 0 spiro atoms. The van der Waals surface area contributed by atoms with Crippen molar-refractivity contribution >= 4 is 0 Å². The number of aryl methyl sites for hydroxylation is 1. The van der Waals surface area contributed by atoms with Crippen molar-refractivity contribution in [3.05, 3.63) is 18.0 Å². The van der Waals surface area contributed by atoms with E-state index in [1.807, 2.05) is 31.8 Å². The minimum absolute atomic E-state index is 0.230. The summed E-state index contributed by atoms with van der Waals surface area (Å²) in [6.45, 7) is 10.6. The van der Waals surface area contributed by atoms with Crippen LogP contribution in [0.5, 0.6) is 0 Å². The van der Waals surface area contributed by atoms with E-state index < -0.39 is 0 Å². The van der Waals surface area contributed by atoms with Crippen LogP contribution in [-0.2, 0) is 12.5 Å². The van der Waals surface area contributed by atoms with Gasteiger partial charge in [-0.3, -0.25) is 4.68 Å². The maximum Gasteiger partial charge on any atom is 0.0526 e. The highest BCUT2D eigenvalue weighted by molar-refractivity contribution is 5.14. The van der Waals surface area contributed by atoms with Gasteiger partial charge in [0.1, 0.15) is 0 Å². The van der Waals surface area contributed by atoms with E-state index in [2.05, 4.69) is 32.1 Å². The zero-order valence-corrected chi connectivity index (χ0v) is 9.05. The van der Waals surface area contributed by atoms with Gasteiger partial charge in [0.2, 0.25) is 0 Å². The molecule has 0 aliphatic heterocycles. The fourth-order valence-corrected chi connectivity index (χ4v) is 0.809. The Kier molecular flexibility index (Phi) is 4.01. The van der Waals surface area contributed by atoms with E-state index in [1.54, 1.807) is 0 Å². The second kappa shape index (κ2) is 4.29. The van der Waals surface area contributed by atoms with E-state index >= 15 is 0 Å². The van der Waals surface area contributed by atoms with Gasteiger partial charge in [-0.05, 0) is 11.0 Å². The lowest BCUT2D eigenvalue weighted by Gasteiger charge is -2.14. The van der Waals surface area contributed by atoms with Crippen LogP contribution < -0.4 is 0 Å². The molecule has 1 aromatic rings. The Balaban J connectivity index is 0.000000561. The summed E-state index contributed by atoms with van der Waals surface area (Å²) in [5.41, 5.74) is 1.52. The van der Waals surface area contributed by atoms with Gasteiger partial charge in [0, 0.05) is 13.2 Å². The molecule has 0 unspecified atom stereocenters. The normalized spacial score (nSPS) is 10.5. The van der Waals surface area contributed by atoms with Crippen molar-refractivity contribution in [1.82, 2.24) is 9.78 Å². The smallest absolute Gasteiger partial charge is 0.0526 e. The molecule has 0 saturated heterocycles. The minimum Gasteiger partial charge on any atom is -0.276 e. The van der Waals surface area contributed by atoms with Crippen molar-refractivity contribution in [3.8, 4) is 0 Å². The average Bonchev–Trinajstić information content (AvgIpc) is 2.39. The molecule has 0 fully saturated rings. The Morgan fingerprint density at radius 1 is 1.25 bits per heavy atom. The molecule has 0 atom stereocenters. The van der Waals surface area contributed by atoms with E-state index in [4.69, 9.17) is 0 Å². The molecule has 1 heterocycles. The summed E-state index contributed by atoms with van der Waals surface area (Å²) in [7, 11) is 1.94. The van der Waals surface area contributed by atoms with Crippen LogP contribution in [0, 0.1) is 0 Å². The molecular weight excluding hydrogens is 148 g/mol. The van der Waals surface area contributed by atoms with Crippen LogP contribution in [0.15, 0.2) is 12.4 Å². The van der Waals surface area contributed by atoms with E-state index in [0.29, 0.717) is 0 Å². The Morgan fingerprint density at radius 2 is 1.75 bits per heavy atom. The van der Waals surface area contributed by atoms with Gasteiger partial charge in [0.25, 0.3) is 0 Å². The lowest BCUT2D eigenvalue weighted by atomic mass is 9.90. The van der Waals surface area contributed by atoms with Crippen molar-refractivity contribution < 1.29 is 0 Å². The largest absolute Gasteiger partial charge is 0.276 e. The number of hydrogen-bond donors (Lipinski definition) is 0. The standard InChI is InChI=1S/C8H14N2.C2H6/c1-8(2,3)7-5-9-10(4)6-7;1-2/h5-6H,1-4H3;1-2H3. The van der Waals surface area contributed by atoms with E-state index in [-0.39, 0.29) is 5.41 Å². The molecule has 70 valence electrons. The fraction of sp³-hybridized carbons (Fsp3) is 0.700. The maximum absolute atomic E-state index is 4.10. The van der Waals surface area contributed by atoms with Crippen molar-refractivity contribution in [3.63, 3.8) is 0 Å².